The number of benzene rings is 2. The zero-order valence-electron chi connectivity index (χ0n) is 26.3. The van der Waals surface area contributed by atoms with Crippen molar-refractivity contribution in [1.82, 2.24) is 19.9 Å². The number of fused-ring (bicyclic) bond motifs is 1. The molecular weight excluding hydrogens is 597 g/mol. The minimum atomic E-state index is -3.77. The molecular formula is C33H42FN5O5S. The fourth-order valence-corrected chi connectivity index (χ4v) is 7.15. The molecule has 1 atom stereocenters. The number of carbonyl (C=O) groups excluding carboxylic acids is 2. The van der Waals surface area contributed by atoms with Gasteiger partial charge in [-0.05, 0) is 101 Å². The van der Waals surface area contributed by atoms with Gasteiger partial charge in [0, 0.05) is 43.5 Å². The molecule has 1 aromatic heterocycles. The molecule has 2 heterocycles. The highest BCUT2D eigenvalue weighted by Crippen LogP contribution is 2.28. The summed E-state index contributed by atoms with van der Waals surface area (Å²) < 4.78 is 48.1. The molecule has 2 aliphatic rings. The van der Waals surface area contributed by atoms with E-state index in [1.54, 1.807) is 35.2 Å². The third kappa shape index (κ3) is 8.29. The lowest BCUT2D eigenvalue weighted by Gasteiger charge is -2.36. The van der Waals surface area contributed by atoms with Crippen molar-refractivity contribution in [3.63, 3.8) is 0 Å². The van der Waals surface area contributed by atoms with Crippen molar-refractivity contribution in [1.29, 1.82) is 0 Å². The molecule has 2 fully saturated rings. The molecule has 0 radical (unpaired) electrons. The number of hydrogen-bond acceptors (Lipinski definition) is 7. The molecule has 1 saturated carbocycles. The Kier molecular flexibility index (Phi) is 9.64. The average molecular weight is 640 g/mol. The first kappa shape index (κ1) is 32.6. The van der Waals surface area contributed by atoms with Crippen molar-refractivity contribution >= 4 is 38.7 Å². The van der Waals surface area contributed by atoms with Gasteiger partial charge < -0.3 is 19.9 Å². The molecule has 0 spiro atoms. The molecule has 1 saturated heterocycles. The van der Waals surface area contributed by atoms with E-state index in [4.69, 9.17) is 9.72 Å². The van der Waals surface area contributed by atoms with Gasteiger partial charge in [0.15, 0.2) is 0 Å². The summed E-state index contributed by atoms with van der Waals surface area (Å²) in [5.41, 5.74) is 0.967. The minimum Gasteiger partial charge on any atom is -0.444 e. The van der Waals surface area contributed by atoms with Crippen LogP contribution in [0.2, 0.25) is 0 Å². The monoisotopic (exact) mass is 639 g/mol. The average Bonchev–Trinajstić information content (AvgIpc) is 3.00. The van der Waals surface area contributed by atoms with E-state index in [1.165, 1.54) is 12.1 Å². The Bertz CT molecular complexity index is 1630. The van der Waals surface area contributed by atoms with Gasteiger partial charge in [-0.3, -0.25) is 4.79 Å². The van der Waals surface area contributed by atoms with Gasteiger partial charge in [0.25, 0.3) is 0 Å². The number of nitrogens with zero attached hydrogens (tertiary/aromatic N) is 3. The van der Waals surface area contributed by atoms with E-state index < -0.39 is 15.6 Å². The Morgan fingerprint density at radius 2 is 1.62 bits per heavy atom. The van der Waals surface area contributed by atoms with Crippen LogP contribution in [0.15, 0.2) is 59.5 Å². The SMILES string of the molecule is C[C@@H](NC(=O)C1CCC(NS(=O)(=O)c2ccc3nc(N4CCN(C(=O)OC(C)(C)C)CC4)ccc3c2)CC1)c1ccc(F)cc1. The lowest BCUT2D eigenvalue weighted by molar-refractivity contribution is -0.126. The molecule has 5 rings (SSSR count). The van der Waals surface area contributed by atoms with Crippen LogP contribution in [0.25, 0.3) is 10.9 Å². The molecule has 0 bridgehead atoms. The van der Waals surface area contributed by atoms with E-state index in [0.717, 1.165) is 11.4 Å². The first-order valence-electron chi connectivity index (χ1n) is 15.5. The molecule has 242 valence electrons. The highest BCUT2D eigenvalue weighted by atomic mass is 32.2. The van der Waals surface area contributed by atoms with Gasteiger partial charge in [-0.2, -0.15) is 0 Å². The number of halogens is 1. The van der Waals surface area contributed by atoms with Crippen molar-refractivity contribution in [2.24, 2.45) is 5.92 Å². The van der Waals surface area contributed by atoms with Gasteiger partial charge in [-0.1, -0.05) is 12.1 Å². The minimum absolute atomic E-state index is 0.0700. The van der Waals surface area contributed by atoms with Gasteiger partial charge in [0.05, 0.1) is 16.5 Å². The zero-order chi connectivity index (χ0) is 32.4. The number of hydrogen-bond donors (Lipinski definition) is 2. The quantitative estimate of drug-likeness (QED) is 0.367. The second-order valence-corrected chi connectivity index (χ2v) is 14.6. The lowest BCUT2D eigenvalue weighted by Crippen LogP contribution is -2.50. The number of amides is 2. The maximum atomic E-state index is 13.3. The Balaban J connectivity index is 1.14. The predicted octanol–water partition coefficient (Wildman–Crippen LogP) is 5.15. The van der Waals surface area contributed by atoms with Gasteiger partial charge in [-0.25, -0.2) is 27.3 Å². The second-order valence-electron chi connectivity index (χ2n) is 12.9. The number of nitrogens with one attached hydrogen (secondary N) is 2. The maximum Gasteiger partial charge on any atom is 0.410 e. The molecule has 12 heteroatoms. The van der Waals surface area contributed by atoms with Crippen LogP contribution in [0.4, 0.5) is 15.0 Å². The van der Waals surface area contributed by atoms with Crippen LogP contribution >= 0.6 is 0 Å². The molecule has 0 unspecified atom stereocenters. The summed E-state index contributed by atoms with van der Waals surface area (Å²) in [7, 11) is -3.77. The summed E-state index contributed by atoms with van der Waals surface area (Å²) in [5, 5.41) is 3.71. The normalized spacial score (nSPS) is 20.1. The number of rotatable bonds is 7. The van der Waals surface area contributed by atoms with Crippen molar-refractivity contribution in [3.05, 3.63) is 66.0 Å². The number of anilines is 1. The second kappa shape index (κ2) is 13.3. The molecule has 3 aromatic rings. The third-order valence-corrected chi connectivity index (χ3v) is 9.88. The molecule has 2 aromatic carbocycles. The molecule has 2 amide bonds. The van der Waals surface area contributed by atoms with Gasteiger partial charge in [0.2, 0.25) is 15.9 Å². The van der Waals surface area contributed by atoms with Crippen molar-refractivity contribution < 1.29 is 27.1 Å². The molecule has 1 aliphatic heterocycles. The molecule has 10 nitrogen and oxygen atoms in total. The Labute approximate surface area is 264 Å². The summed E-state index contributed by atoms with van der Waals surface area (Å²) in [6.07, 6.45) is 1.95. The molecule has 2 N–H and O–H groups in total. The summed E-state index contributed by atoms with van der Waals surface area (Å²) >= 11 is 0. The number of carbonyl (C=O) groups is 2. The number of aromatic nitrogens is 1. The van der Waals surface area contributed by atoms with Crippen molar-refractivity contribution in [2.45, 2.75) is 76.0 Å². The fraction of sp³-hybridized carbons (Fsp3) is 0.485. The van der Waals surface area contributed by atoms with Crippen LogP contribution < -0.4 is 14.9 Å². The predicted molar refractivity (Wildman–Crippen MR) is 171 cm³/mol. The maximum absolute atomic E-state index is 13.3. The summed E-state index contributed by atoms with van der Waals surface area (Å²) in [5.74, 6) is 0.179. The van der Waals surface area contributed by atoms with Crippen molar-refractivity contribution in [3.8, 4) is 0 Å². The van der Waals surface area contributed by atoms with Crippen molar-refractivity contribution in [2.75, 3.05) is 31.1 Å². The third-order valence-electron chi connectivity index (χ3n) is 8.36. The summed E-state index contributed by atoms with van der Waals surface area (Å²) in [6, 6.07) is 14.2. The molecule has 45 heavy (non-hydrogen) atoms. The van der Waals surface area contributed by atoms with Crippen LogP contribution in [0.3, 0.4) is 0 Å². The van der Waals surface area contributed by atoms with E-state index in [2.05, 4.69) is 14.9 Å². The van der Waals surface area contributed by atoms with Crippen LogP contribution in [0.5, 0.6) is 0 Å². The van der Waals surface area contributed by atoms with Gasteiger partial charge >= 0.3 is 6.09 Å². The first-order valence-corrected chi connectivity index (χ1v) is 17.0. The van der Waals surface area contributed by atoms with Crippen LogP contribution in [0.1, 0.15) is 65.0 Å². The fourth-order valence-electron chi connectivity index (χ4n) is 5.81. The van der Waals surface area contributed by atoms with E-state index in [0.29, 0.717) is 62.8 Å². The van der Waals surface area contributed by atoms with E-state index in [-0.39, 0.29) is 40.7 Å². The lowest BCUT2D eigenvalue weighted by atomic mass is 9.85. The number of pyridine rings is 1. The van der Waals surface area contributed by atoms with E-state index in [1.807, 2.05) is 39.8 Å². The molecule has 1 aliphatic carbocycles. The smallest absolute Gasteiger partial charge is 0.410 e. The van der Waals surface area contributed by atoms with E-state index in [9.17, 15) is 22.4 Å². The number of piperazine rings is 1. The number of ether oxygens (including phenoxy) is 1. The largest absolute Gasteiger partial charge is 0.444 e. The first-order chi connectivity index (χ1) is 21.3. The topological polar surface area (TPSA) is 121 Å². The van der Waals surface area contributed by atoms with Crippen LogP contribution in [0, 0.1) is 11.7 Å². The van der Waals surface area contributed by atoms with Crippen LogP contribution in [-0.4, -0.2) is 68.1 Å². The number of sulfonamides is 1. The Morgan fingerprint density at radius 1 is 0.956 bits per heavy atom. The Morgan fingerprint density at radius 3 is 2.27 bits per heavy atom. The standard InChI is InChI=1S/C33H42FN5O5S/c1-22(23-5-10-26(34)11-6-23)35-31(40)24-7-12-27(13-8-24)37-45(42,43)28-14-15-29-25(21-28)9-16-30(36-29)38-17-19-39(20-18-38)32(41)44-33(2,3)4/h5-6,9-11,14-16,21-22,24,27,37H,7-8,12-13,17-20H2,1-4H3,(H,35,40)/t22-,24?,27?/m1/s1. The van der Waals surface area contributed by atoms with E-state index >= 15 is 0 Å². The van der Waals surface area contributed by atoms with Gasteiger partial charge in [-0.15, -0.1) is 0 Å². The van der Waals surface area contributed by atoms with Crippen LogP contribution in [-0.2, 0) is 19.6 Å². The van der Waals surface area contributed by atoms with Gasteiger partial charge in [0.1, 0.15) is 17.2 Å². The Hall–Kier alpha value is -3.77. The summed E-state index contributed by atoms with van der Waals surface area (Å²) in [6.45, 7) is 9.69. The highest BCUT2D eigenvalue weighted by Gasteiger charge is 2.30. The highest BCUT2D eigenvalue weighted by molar-refractivity contribution is 7.89. The summed E-state index contributed by atoms with van der Waals surface area (Å²) in [4.78, 5) is 34.0. The zero-order valence-corrected chi connectivity index (χ0v) is 27.1.